The van der Waals surface area contributed by atoms with Gasteiger partial charge in [0.15, 0.2) is 5.78 Å². The molecule has 3 nitrogen and oxygen atoms in total. The van der Waals surface area contributed by atoms with Gasteiger partial charge in [-0.3, -0.25) is 4.79 Å². The van der Waals surface area contributed by atoms with Gasteiger partial charge in [-0.25, -0.2) is 0 Å². The van der Waals surface area contributed by atoms with Crippen LogP contribution in [-0.4, -0.2) is 12.4 Å². The minimum absolute atomic E-state index is 0.197. The van der Waals surface area contributed by atoms with E-state index in [-0.39, 0.29) is 5.78 Å². The number of furan rings is 1. The van der Waals surface area contributed by atoms with Crippen LogP contribution in [0.1, 0.15) is 39.9 Å². The van der Waals surface area contributed by atoms with E-state index in [1.165, 1.54) is 0 Å². The summed E-state index contributed by atoms with van der Waals surface area (Å²) in [7, 11) is 0. The first kappa shape index (κ1) is 15.9. The molecule has 0 aliphatic rings. The van der Waals surface area contributed by atoms with Crippen LogP contribution < -0.4 is 4.74 Å². The largest absolute Gasteiger partial charge is 0.492 e. The summed E-state index contributed by atoms with van der Waals surface area (Å²) in [6.45, 7) is 7.76. The number of carbonyl (C=O) groups excluding carboxylic acids is 1. The summed E-state index contributed by atoms with van der Waals surface area (Å²) in [5, 5.41) is 0.672. The zero-order valence-corrected chi connectivity index (χ0v) is 13.9. The number of benzene rings is 1. The van der Waals surface area contributed by atoms with E-state index in [0.29, 0.717) is 39.3 Å². The predicted molar refractivity (Wildman–Crippen MR) is 84.0 cm³/mol. The van der Waals surface area contributed by atoms with Crippen molar-refractivity contribution in [1.82, 2.24) is 0 Å². The molecule has 1 heterocycles. The Bertz CT molecular complexity index is 702. The van der Waals surface area contributed by atoms with Crippen molar-refractivity contribution in [2.24, 2.45) is 0 Å². The lowest BCUT2D eigenvalue weighted by molar-refractivity contribution is 0.103. The van der Waals surface area contributed by atoms with Crippen LogP contribution in [0.2, 0.25) is 10.0 Å². The Kier molecular flexibility index (Phi) is 4.64. The van der Waals surface area contributed by atoms with Crippen molar-refractivity contribution < 1.29 is 13.9 Å². The molecule has 1 aromatic carbocycles. The summed E-state index contributed by atoms with van der Waals surface area (Å²) in [5.41, 5.74) is 1.70. The van der Waals surface area contributed by atoms with Gasteiger partial charge in [0, 0.05) is 17.2 Å². The highest BCUT2D eigenvalue weighted by molar-refractivity contribution is 6.37. The second-order valence-corrected chi connectivity index (χ2v) is 5.55. The van der Waals surface area contributed by atoms with Gasteiger partial charge in [0.1, 0.15) is 17.3 Å². The van der Waals surface area contributed by atoms with Crippen LogP contribution in [0.15, 0.2) is 16.5 Å². The SMILES string of the molecule is CCOc1cc(Cl)c(C(=O)c2c(C)oc(C)c2C)cc1Cl. The number of aryl methyl sites for hydroxylation is 2. The van der Waals surface area contributed by atoms with E-state index >= 15 is 0 Å². The molecule has 0 spiro atoms. The topological polar surface area (TPSA) is 39.4 Å². The van der Waals surface area contributed by atoms with Crippen LogP contribution in [0, 0.1) is 20.8 Å². The lowest BCUT2D eigenvalue weighted by Gasteiger charge is -2.10. The van der Waals surface area contributed by atoms with E-state index in [1.54, 1.807) is 19.1 Å². The van der Waals surface area contributed by atoms with E-state index in [1.807, 2.05) is 20.8 Å². The maximum absolute atomic E-state index is 12.7. The smallest absolute Gasteiger partial charge is 0.198 e. The summed E-state index contributed by atoms with van der Waals surface area (Å²) in [6.07, 6.45) is 0. The van der Waals surface area contributed by atoms with E-state index < -0.39 is 0 Å². The molecule has 0 amide bonds. The van der Waals surface area contributed by atoms with Gasteiger partial charge in [0.25, 0.3) is 0 Å². The standard InChI is InChI=1S/C16H16Cl2O3/c1-5-20-14-7-12(17)11(6-13(14)18)16(19)15-8(2)9(3)21-10(15)4/h6-7H,5H2,1-4H3. The summed E-state index contributed by atoms with van der Waals surface area (Å²) < 4.78 is 10.9. The fourth-order valence-electron chi connectivity index (χ4n) is 2.23. The lowest BCUT2D eigenvalue weighted by atomic mass is 9.99. The molecule has 2 aromatic rings. The molecule has 21 heavy (non-hydrogen) atoms. The highest BCUT2D eigenvalue weighted by Gasteiger charge is 2.23. The second kappa shape index (κ2) is 6.12. The molecular weight excluding hydrogens is 311 g/mol. The highest BCUT2D eigenvalue weighted by atomic mass is 35.5. The van der Waals surface area contributed by atoms with Crippen molar-refractivity contribution in [3.63, 3.8) is 0 Å². The average molecular weight is 327 g/mol. The molecule has 0 saturated heterocycles. The minimum Gasteiger partial charge on any atom is -0.492 e. The summed E-state index contributed by atoms with van der Waals surface area (Å²) in [5.74, 6) is 1.58. The van der Waals surface area contributed by atoms with E-state index in [9.17, 15) is 4.79 Å². The van der Waals surface area contributed by atoms with Gasteiger partial charge in [-0.2, -0.15) is 0 Å². The van der Waals surface area contributed by atoms with E-state index in [4.69, 9.17) is 32.4 Å². The van der Waals surface area contributed by atoms with Crippen LogP contribution in [0.25, 0.3) is 0 Å². The molecule has 0 aliphatic carbocycles. The van der Waals surface area contributed by atoms with Crippen molar-refractivity contribution in [3.8, 4) is 5.75 Å². The average Bonchev–Trinajstić information content (AvgIpc) is 2.67. The van der Waals surface area contributed by atoms with Crippen molar-refractivity contribution >= 4 is 29.0 Å². The zero-order valence-electron chi connectivity index (χ0n) is 12.3. The van der Waals surface area contributed by atoms with Gasteiger partial charge in [-0.05, 0) is 33.8 Å². The Morgan fingerprint density at radius 2 is 1.81 bits per heavy atom. The Morgan fingerprint density at radius 1 is 1.14 bits per heavy atom. The molecular formula is C16H16Cl2O3. The molecule has 1 aromatic heterocycles. The monoisotopic (exact) mass is 326 g/mol. The second-order valence-electron chi connectivity index (χ2n) is 4.74. The van der Waals surface area contributed by atoms with E-state index in [2.05, 4.69) is 0 Å². The van der Waals surface area contributed by atoms with Gasteiger partial charge < -0.3 is 9.15 Å². The fraction of sp³-hybridized carbons (Fsp3) is 0.312. The number of rotatable bonds is 4. The number of hydrogen-bond donors (Lipinski definition) is 0. The Balaban J connectivity index is 2.51. The summed E-state index contributed by atoms with van der Waals surface area (Å²) in [6, 6.07) is 3.11. The van der Waals surface area contributed by atoms with Crippen LogP contribution in [0.3, 0.4) is 0 Å². The molecule has 0 unspecified atom stereocenters. The Morgan fingerprint density at radius 3 is 2.33 bits per heavy atom. The number of ketones is 1. The van der Waals surface area contributed by atoms with Crippen LogP contribution >= 0.6 is 23.2 Å². The van der Waals surface area contributed by atoms with E-state index in [0.717, 1.165) is 11.3 Å². The van der Waals surface area contributed by atoms with Crippen molar-refractivity contribution in [2.45, 2.75) is 27.7 Å². The molecule has 0 bridgehead atoms. The first-order chi connectivity index (χ1) is 9.86. The van der Waals surface area contributed by atoms with Gasteiger partial charge >= 0.3 is 0 Å². The third-order valence-corrected chi connectivity index (χ3v) is 3.96. The molecule has 0 N–H and O–H groups in total. The quantitative estimate of drug-likeness (QED) is 0.730. The molecule has 112 valence electrons. The number of halogens is 2. The van der Waals surface area contributed by atoms with Crippen molar-refractivity contribution in [1.29, 1.82) is 0 Å². The number of carbonyl (C=O) groups is 1. The maximum Gasteiger partial charge on any atom is 0.198 e. The van der Waals surface area contributed by atoms with Gasteiger partial charge in [0.2, 0.25) is 0 Å². The Hall–Kier alpha value is -1.45. The summed E-state index contributed by atoms with van der Waals surface area (Å²) >= 11 is 12.3. The predicted octanol–water partition coefficient (Wildman–Crippen LogP) is 5.14. The maximum atomic E-state index is 12.7. The molecule has 0 saturated carbocycles. The van der Waals surface area contributed by atoms with Gasteiger partial charge in [-0.15, -0.1) is 0 Å². The molecule has 2 rings (SSSR count). The first-order valence-electron chi connectivity index (χ1n) is 6.59. The van der Waals surface area contributed by atoms with Gasteiger partial charge in [-0.1, -0.05) is 23.2 Å². The first-order valence-corrected chi connectivity index (χ1v) is 7.35. The van der Waals surface area contributed by atoms with Crippen LogP contribution in [0.5, 0.6) is 5.75 Å². The highest BCUT2D eigenvalue weighted by Crippen LogP contribution is 2.34. The van der Waals surface area contributed by atoms with Gasteiger partial charge in [0.05, 0.1) is 22.2 Å². The zero-order chi connectivity index (χ0) is 15.7. The molecule has 0 aliphatic heterocycles. The molecule has 0 fully saturated rings. The third-order valence-electron chi connectivity index (χ3n) is 3.35. The number of hydrogen-bond acceptors (Lipinski definition) is 3. The van der Waals surface area contributed by atoms with Crippen LogP contribution in [0.4, 0.5) is 0 Å². The van der Waals surface area contributed by atoms with Crippen LogP contribution in [-0.2, 0) is 0 Å². The van der Waals surface area contributed by atoms with Crippen molar-refractivity contribution in [2.75, 3.05) is 6.61 Å². The molecule has 5 heteroatoms. The molecule has 0 atom stereocenters. The number of ether oxygens (including phenoxy) is 1. The normalized spacial score (nSPS) is 10.8. The molecule has 0 radical (unpaired) electrons. The fourth-order valence-corrected chi connectivity index (χ4v) is 2.69. The third kappa shape index (κ3) is 2.94. The Labute approximate surface area is 133 Å². The van der Waals surface area contributed by atoms with Crippen molar-refractivity contribution in [3.05, 3.63) is 50.4 Å². The summed E-state index contributed by atoms with van der Waals surface area (Å²) in [4.78, 5) is 12.7. The minimum atomic E-state index is -0.197. The lowest BCUT2D eigenvalue weighted by Crippen LogP contribution is -2.05.